The van der Waals surface area contributed by atoms with E-state index in [1.54, 1.807) is 12.1 Å². The molecule has 0 atom stereocenters. The first-order valence-corrected chi connectivity index (χ1v) is 8.58. The van der Waals surface area contributed by atoms with Crippen LogP contribution in [0.25, 0.3) is 17.2 Å². The second-order valence-corrected chi connectivity index (χ2v) is 6.56. The number of carboxylic acid groups (broad SMARTS) is 1. The van der Waals surface area contributed by atoms with Crippen LogP contribution < -0.4 is 4.74 Å². The maximum Gasteiger partial charge on any atom is 0.342 e. The zero-order valence-electron chi connectivity index (χ0n) is 13.8. The molecule has 0 amide bonds. The third-order valence-electron chi connectivity index (χ3n) is 3.25. The first kappa shape index (κ1) is 17.1. The normalized spacial score (nSPS) is 11.9. The second-order valence-electron chi connectivity index (χ2n) is 5.57. The summed E-state index contributed by atoms with van der Waals surface area (Å²) in [6.07, 6.45) is 1.56. The summed E-state index contributed by atoms with van der Waals surface area (Å²) < 4.78 is 11.3. The van der Waals surface area contributed by atoms with Crippen molar-refractivity contribution in [3.63, 3.8) is 0 Å². The summed E-state index contributed by atoms with van der Waals surface area (Å²) in [5.74, 6) is -0.416. The molecule has 0 bridgehead atoms. The van der Waals surface area contributed by atoms with Crippen molar-refractivity contribution in [2.45, 2.75) is 25.2 Å². The van der Waals surface area contributed by atoms with Crippen molar-refractivity contribution in [2.75, 3.05) is 0 Å². The van der Waals surface area contributed by atoms with Crippen molar-refractivity contribution in [3.05, 3.63) is 59.0 Å². The average molecular weight is 355 g/mol. The molecule has 1 heterocycles. The van der Waals surface area contributed by atoms with Crippen molar-refractivity contribution in [3.8, 4) is 5.75 Å². The Hall–Kier alpha value is -2.73. The van der Waals surface area contributed by atoms with Crippen LogP contribution in [0.2, 0.25) is 0 Å². The second kappa shape index (κ2) is 7.44. The quantitative estimate of drug-likeness (QED) is 0.504. The largest absolute Gasteiger partial charge is 0.490 e. The molecule has 6 heteroatoms. The fraction of sp³-hybridized carbons (Fsp3) is 0.158. The first-order chi connectivity index (χ1) is 12.0. The number of nitrogens with zero attached hydrogens (tertiary/aromatic N) is 1. The van der Waals surface area contributed by atoms with Crippen LogP contribution in [0.3, 0.4) is 0 Å². The van der Waals surface area contributed by atoms with E-state index in [9.17, 15) is 9.90 Å². The molecule has 0 unspecified atom stereocenters. The molecule has 0 radical (unpaired) electrons. The molecule has 3 aromatic rings. The molecule has 0 saturated carbocycles. The lowest BCUT2D eigenvalue weighted by Gasteiger charge is -2.12. The van der Waals surface area contributed by atoms with Crippen LogP contribution in [0.4, 0.5) is 0 Å². The van der Waals surface area contributed by atoms with Gasteiger partial charge in [0.1, 0.15) is 16.2 Å². The van der Waals surface area contributed by atoms with Crippen molar-refractivity contribution in [1.82, 2.24) is 4.98 Å². The molecule has 2 aromatic carbocycles. The molecule has 0 aliphatic rings. The van der Waals surface area contributed by atoms with E-state index in [0.29, 0.717) is 22.4 Å². The standard InChI is InChI=1S/C19H17NO4S/c1-12(2)23-15-9-5-3-7-13(15)11-17(18(21)22)25-19-20-14-8-4-6-10-16(14)24-19/h3-12H,1-2H3,(H,21,22)/b17-11-. The topological polar surface area (TPSA) is 72.6 Å². The number of oxazole rings is 1. The van der Waals surface area contributed by atoms with Gasteiger partial charge in [-0.1, -0.05) is 30.3 Å². The monoisotopic (exact) mass is 355 g/mol. The highest BCUT2D eigenvalue weighted by molar-refractivity contribution is 8.03. The zero-order valence-corrected chi connectivity index (χ0v) is 14.6. The van der Waals surface area contributed by atoms with Gasteiger partial charge < -0.3 is 14.3 Å². The Morgan fingerprint density at radius 2 is 1.92 bits per heavy atom. The fourth-order valence-electron chi connectivity index (χ4n) is 2.23. The van der Waals surface area contributed by atoms with E-state index in [0.717, 1.165) is 11.8 Å². The predicted octanol–water partition coefficient (Wildman–Crippen LogP) is 4.83. The van der Waals surface area contributed by atoms with Gasteiger partial charge in [-0.3, -0.25) is 0 Å². The number of aromatic nitrogens is 1. The Morgan fingerprint density at radius 3 is 2.64 bits per heavy atom. The van der Waals surface area contributed by atoms with Gasteiger partial charge in [0.2, 0.25) is 0 Å². The van der Waals surface area contributed by atoms with Crippen LogP contribution in [-0.4, -0.2) is 22.2 Å². The van der Waals surface area contributed by atoms with Crippen LogP contribution in [0.15, 0.2) is 63.1 Å². The minimum absolute atomic E-state index is 0.00693. The Labute approximate surface area is 149 Å². The SMILES string of the molecule is CC(C)Oc1ccccc1/C=C(\Sc1nc2ccccc2o1)C(=O)O. The lowest BCUT2D eigenvalue weighted by Crippen LogP contribution is -2.06. The van der Waals surface area contributed by atoms with E-state index >= 15 is 0 Å². The first-order valence-electron chi connectivity index (χ1n) is 7.77. The van der Waals surface area contributed by atoms with Crippen molar-refractivity contribution >= 4 is 34.9 Å². The van der Waals surface area contributed by atoms with Crippen LogP contribution in [0, 0.1) is 0 Å². The predicted molar refractivity (Wildman–Crippen MR) is 97.7 cm³/mol. The number of fused-ring (bicyclic) bond motifs is 1. The highest BCUT2D eigenvalue weighted by Crippen LogP contribution is 2.32. The van der Waals surface area contributed by atoms with Gasteiger partial charge in [-0.2, -0.15) is 0 Å². The van der Waals surface area contributed by atoms with Gasteiger partial charge in [0.15, 0.2) is 5.58 Å². The van der Waals surface area contributed by atoms with Gasteiger partial charge >= 0.3 is 5.97 Å². The molecular weight excluding hydrogens is 338 g/mol. The van der Waals surface area contributed by atoms with E-state index < -0.39 is 5.97 Å². The van der Waals surface area contributed by atoms with E-state index in [4.69, 9.17) is 9.15 Å². The highest BCUT2D eigenvalue weighted by Gasteiger charge is 2.16. The van der Waals surface area contributed by atoms with Crippen molar-refractivity contribution < 1.29 is 19.1 Å². The van der Waals surface area contributed by atoms with Crippen molar-refractivity contribution in [1.29, 1.82) is 0 Å². The Morgan fingerprint density at radius 1 is 1.20 bits per heavy atom. The maximum absolute atomic E-state index is 11.7. The number of thioether (sulfide) groups is 1. The molecule has 1 aromatic heterocycles. The number of carboxylic acids is 1. The Balaban J connectivity index is 1.93. The molecule has 0 saturated heterocycles. The number of carbonyl (C=O) groups is 1. The number of rotatable bonds is 6. The van der Waals surface area contributed by atoms with Crippen LogP contribution >= 0.6 is 11.8 Å². The number of hydrogen-bond donors (Lipinski definition) is 1. The smallest absolute Gasteiger partial charge is 0.342 e. The van der Waals surface area contributed by atoms with E-state index in [2.05, 4.69) is 4.98 Å². The molecule has 1 N–H and O–H groups in total. The van der Waals surface area contributed by atoms with Gasteiger partial charge in [-0.25, -0.2) is 9.78 Å². The maximum atomic E-state index is 11.7. The number of aliphatic carboxylic acids is 1. The number of benzene rings is 2. The summed E-state index contributed by atoms with van der Waals surface area (Å²) in [6, 6.07) is 14.6. The van der Waals surface area contributed by atoms with Crippen molar-refractivity contribution in [2.24, 2.45) is 0 Å². The van der Waals surface area contributed by atoms with Gasteiger partial charge in [-0.15, -0.1) is 0 Å². The minimum atomic E-state index is -1.05. The molecule has 128 valence electrons. The van der Waals surface area contributed by atoms with E-state index in [1.165, 1.54) is 0 Å². The van der Waals surface area contributed by atoms with Gasteiger partial charge in [-0.05, 0) is 49.9 Å². The van der Waals surface area contributed by atoms with Crippen LogP contribution in [0.5, 0.6) is 5.75 Å². The van der Waals surface area contributed by atoms with E-state index in [1.807, 2.05) is 56.3 Å². The van der Waals surface area contributed by atoms with Crippen LogP contribution in [0.1, 0.15) is 19.4 Å². The van der Waals surface area contributed by atoms with E-state index in [-0.39, 0.29) is 16.2 Å². The molecule has 0 aliphatic heterocycles. The Kier molecular flexibility index (Phi) is 5.09. The Bertz CT molecular complexity index is 897. The molecule has 3 rings (SSSR count). The molecule has 0 spiro atoms. The molecule has 25 heavy (non-hydrogen) atoms. The summed E-state index contributed by atoms with van der Waals surface area (Å²) >= 11 is 0.973. The summed E-state index contributed by atoms with van der Waals surface area (Å²) in [6.45, 7) is 3.84. The molecular formula is C19H17NO4S. The third kappa shape index (κ3) is 4.22. The summed E-state index contributed by atoms with van der Waals surface area (Å²) in [5, 5.41) is 9.83. The zero-order chi connectivity index (χ0) is 17.8. The number of hydrogen-bond acceptors (Lipinski definition) is 5. The van der Waals surface area contributed by atoms with Crippen LogP contribution in [-0.2, 0) is 4.79 Å². The number of ether oxygens (including phenoxy) is 1. The number of para-hydroxylation sites is 3. The minimum Gasteiger partial charge on any atom is -0.490 e. The highest BCUT2D eigenvalue weighted by atomic mass is 32.2. The van der Waals surface area contributed by atoms with Gasteiger partial charge in [0.05, 0.1) is 6.10 Å². The summed E-state index contributed by atoms with van der Waals surface area (Å²) in [4.78, 5) is 16.1. The summed E-state index contributed by atoms with van der Waals surface area (Å²) in [5.41, 5.74) is 2.01. The third-order valence-corrected chi connectivity index (χ3v) is 4.11. The van der Waals surface area contributed by atoms with Gasteiger partial charge in [0, 0.05) is 5.56 Å². The molecule has 0 aliphatic carbocycles. The molecule has 5 nitrogen and oxygen atoms in total. The average Bonchev–Trinajstić information content (AvgIpc) is 2.97. The fourth-order valence-corrected chi connectivity index (χ4v) is 2.96. The lowest BCUT2D eigenvalue weighted by atomic mass is 10.2. The summed E-state index contributed by atoms with van der Waals surface area (Å²) in [7, 11) is 0. The molecule has 0 fully saturated rings. The lowest BCUT2D eigenvalue weighted by molar-refractivity contribution is -0.131. The van der Waals surface area contributed by atoms with Gasteiger partial charge in [0.25, 0.3) is 5.22 Å².